The maximum Gasteiger partial charge on any atom is 0.240 e. The minimum absolute atomic E-state index is 0.113. The number of hydrogen-bond donors (Lipinski definition) is 3. The highest BCUT2D eigenvalue weighted by atomic mass is 32.2. The topological polar surface area (TPSA) is 125 Å². The van der Waals surface area contributed by atoms with Crippen molar-refractivity contribution in [3.05, 3.63) is 24.3 Å². The molecule has 8 heteroatoms. The van der Waals surface area contributed by atoms with Crippen molar-refractivity contribution < 1.29 is 17.9 Å². The maximum absolute atomic E-state index is 12.5. The summed E-state index contributed by atoms with van der Waals surface area (Å²) in [4.78, 5) is 12.4. The first kappa shape index (κ1) is 15.9. The molecule has 7 nitrogen and oxygen atoms in total. The number of anilines is 1. The first-order chi connectivity index (χ1) is 9.89. The van der Waals surface area contributed by atoms with E-state index in [9.17, 15) is 13.2 Å². The monoisotopic (exact) mass is 313 g/mol. The van der Waals surface area contributed by atoms with Gasteiger partial charge in [0.15, 0.2) is 0 Å². The fraction of sp³-hybridized carbons (Fsp3) is 0.462. The first-order valence-corrected chi connectivity index (χ1v) is 8.15. The van der Waals surface area contributed by atoms with Gasteiger partial charge < -0.3 is 15.8 Å². The number of sulfonamides is 1. The van der Waals surface area contributed by atoms with Crippen LogP contribution in [0.4, 0.5) is 5.69 Å². The zero-order valence-electron chi connectivity index (χ0n) is 11.5. The van der Waals surface area contributed by atoms with Crippen LogP contribution < -0.4 is 16.2 Å². The second-order valence-electron chi connectivity index (χ2n) is 5.09. The summed E-state index contributed by atoms with van der Waals surface area (Å²) in [6.45, 7) is 1.10. The summed E-state index contributed by atoms with van der Waals surface area (Å²) in [5.41, 5.74) is 5.20. The van der Waals surface area contributed by atoms with Gasteiger partial charge in [0, 0.05) is 19.8 Å². The highest BCUT2D eigenvalue weighted by molar-refractivity contribution is 7.89. The molecule has 1 aliphatic rings. The summed E-state index contributed by atoms with van der Waals surface area (Å²) in [5.74, 6) is -0.301. The molecule has 1 aliphatic heterocycles. The van der Waals surface area contributed by atoms with Gasteiger partial charge in [-0.2, -0.15) is 0 Å². The minimum atomic E-state index is -3.91. The molecule has 1 amide bonds. The molecule has 5 N–H and O–H groups in total. The summed E-state index contributed by atoms with van der Waals surface area (Å²) in [6.07, 6.45) is 1.01. The molecule has 0 aliphatic carbocycles. The van der Waals surface area contributed by atoms with Gasteiger partial charge >= 0.3 is 0 Å². The lowest BCUT2D eigenvalue weighted by Gasteiger charge is -2.34. The quantitative estimate of drug-likeness (QED) is 0.723. The van der Waals surface area contributed by atoms with Crippen molar-refractivity contribution in [1.29, 1.82) is 0 Å². The van der Waals surface area contributed by atoms with E-state index < -0.39 is 15.4 Å². The van der Waals surface area contributed by atoms with Crippen molar-refractivity contribution in [2.24, 2.45) is 16.3 Å². The molecular weight excluding hydrogens is 294 g/mol. The van der Waals surface area contributed by atoms with Crippen molar-refractivity contribution in [1.82, 2.24) is 0 Å². The van der Waals surface area contributed by atoms with Gasteiger partial charge in [-0.3, -0.25) is 4.79 Å². The Morgan fingerprint density at radius 3 is 2.48 bits per heavy atom. The van der Waals surface area contributed by atoms with E-state index in [0.29, 0.717) is 26.1 Å². The van der Waals surface area contributed by atoms with Crippen LogP contribution in [-0.2, 0) is 19.6 Å². The molecule has 0 aromatic heterocycles. The number of nitrogens with two attached hydrogens (primary N) is 2. The fourth-order valence-corrected chi connectivity index (χ4v) is 3.05. The number of amides is 1. The number of hydrogen-bond acceptors (Lipinski definition) is 5. The Kier molecular flexibility index (Phi) is 4.62. The van der Waals surface area contributed by atoms with Crippen molar-refractivity contribution in [3.63, 3.8) is 0 Å². The maximum atomic E-state index is 12.5. The lowest BCUT2D eigenvalue weighted by Crippen LogP contribution is -2.46. The molecule has 1 aromatic carbocycles. The van der Waals surface area contributed by atoms with Gasteiger partial charge in [0.1, 0.15) is 4.90 Å². The zero-order valence-corrected chi connectivity index (χ0v) is 12.4. The number of primary sulfonamides is 1. The highest BCUT2D eigenvalue weighted by Crippen LogP contribution is 2.31. The molecule has 1 saturated heterocycles. The van der Waals surface area contributed by atoms with Gasteiger partial charge in [0.05, 0.1) is 11.1 Å². The predicted molar refractivity (Wildman–Crippen MR) is 78.0 cm³/mol. The number of benzene rings is 1. The number of para-hydroxylation sites is 1. The minimum Gasteiger partial charge on any atom is -0.381 e. The Balaban J connectivity index is 2.28. The van der Waals surface area contributed by atoms with Crippen LogP contribution >= 0.6 is 0 Å². The lowest BCUT2D eigenvalue weighted by atomic mass is 9.79. The number of carbonyl (C=O) groups excluding carboxylic acids is 1. The van der Waals surface area contributed by atoms with Crippen molar-refractivity contribution in [2.45, 2.75) is 17.7 Å². The van der Waals surface area contributed by atoms with Crippen molar-refractivity contribution in [3.8, 4) is 0 Å². The molecule has 1 heterocycles. The van der Waals surface area contributed by atoms with Gasteiger partial charge in [-0.15, -0.1) is 0 Å². The second kappa shape index (κ2) is 6.10. The van der Waals surface area contributed by atoms with Crippen LogP contribution in [0.5, 0.6) is 0 Å². The number of nitrogens with one attached hydrogen (secondary N) is 1. The van der Waals surface area contributed by atoms with Crippen LogP contribution in [0.15, 0.2) is 29.2 Å². The van der Waals surface area contributed by atoms with E-state index in [4.69, 9.17) is 15.6 Å². The number of rotatable bonds is 4. The number of ether oxygens (including phenoxy) is 1. The van der Waals surface area contributed by atoms with Crippen LogP contribution in [0, 0.1) is 5.41 Å². The Bertz CT molecular complexity index is 624. The highest BCUT2D eigenvalue weighted by Gasteiger charge is 2.39. The van der Waals surface area contributed by atoms with Gasteiger partial charge in [-0.05, 0) is 25.0 Å². The Labute approximate surface area is 123 Å². The van der Waals surface area contributed by atoms with Crippen LogP contribution in [0.2, 0.25) is 0 Å². The van der Waals surface area contributed by atoms with Crippen LogP contribution in [-0.4, -0.2) is 34.1 Å². The normalized spacial score (nSPS) is 18.2. The van der Waals surface area contributed by atoms with E-state index in [-0.39, 0.29) is 23.0 Å². The predicted octanol–water partition coefficient (Wildman–Crippen LogP) is 0.0280. The zero-order chi connectivity index (χ0) is 15.5. The van der Waals surface area contributed by atoms with E-state index in [0.717, 1.165) is 0 Å². The molecule has 0 saturated carbocycles. The average molecular weight is 313 g/mol. The average Bonchev–Trinajstić information content (AvgIpc) is 2.47. The van der Waals surface area contributed by atoms with E-state index >= 15 is 0 Å². The van der Waals surface area contributed by atoms with Crippen molar-refractivity contribution >= 4 is 21.6 Å². The van der Waals surface area contributed by atoms with Crippen molar-refractivity contribution in [2.75, 3.05) is 25.1 Å². The van der Waals surface area contributed by atoms with Crippen LogP contribution in [0.3, 0.4) is 0 Å². The SMILES string of the molecule is NCC1(C(=O)Nc2ccccc2S(N)(=O)=O)CCOCC1. The molecule has 1 aromatic rings. The van der Waals surface area contributed by atoms with E-state index in [2.05, 4.69) is 5.32 Å². The molecule has 0 radical (unpaired) electrons. The molecule has 2 rings (SSSR count). The summed E-state index contributed by atoms with van der Waals surface area (Å²) in [7, 11) is -3.91. The molecular formula is C13H19N3O4S. The smallest absolute Gasteiger partial charge is 0.240 e. The summed E-state index contributed by atoms with van der Waals surface area (Å²) >= 11 is 0. The Hall–Kier alpha value is -1.48. The van der Waals surface area contributed by atoms with Crippen LogP contribution in [0.25, 0.3) is 0 Å². The third-order valence-corrected chi connectivity index (χ3v) is 4.73. The van der Waals surface area contributed by atoms with Gasteiger partial charge in [-0.25, -0.2) is 13.6 Å². The lowest BCUT2D eigenvalue weighted by molar-refractivity contribution is -0.130. The molecule has 0 unspecified atom stereocenters. The van der Waals surface area contributed by atoms with E-state index in [1.807, 2.05) is 0 Å². The van der Waals surface area contributed by atoms with Gasteiger partial charge in [-0.1, -0.05) is 12.1 Å². The molecule has 0 spiro atoms. The second-order valence-corrected chi connectivity index (χ2v) is 6.62. The molecule has 1 fully saturated rings. The fourth-order valence-electron chi connectivity index (χ4n) is 2.36. The molecule has 116 valence electrons. The largest absolute Gasteiger partial charge is 0.381 e. The van der Waals surface area contributed by atoms with Gasteiger partial charge in [0.2, 0.25) is 15.9 Å². The number of carbonyl (C=O) groups is 1. The standard InChI is InChI=1S/C13H19N3O4S/c14-9-13(5-7-20-8-6-13)12(17)16-10-3-1-2-4-11(10)21(15,18)19/h1-4H,5-9,14H2,(H,16,17)(H2,15,18,19). The van der Waals surface area contributed by atoms with E-state index in [1.54, 1.807) is 12.1 Å². The van der Waals surface area contributed by atoms with Gasteiger partial charge in [0.25, 0.3) is 0 Å². The third kappa shape index (κ3) is 3.41. The third-order valence-electron chi connectivity index (χ3n) is 3.76. The molecule has 0 bridgehead atoms. The summed E-state index contributed by atoms with van der Waals surface area (Å²) in [5, 5.41) is 7.80. The summed E-state index contributed by atoms with van der Waals surface area (Å²) in [6, 6.07) is 6.02. The Morgan fingerprint density at radius 2 is 1.90 bits per heavy atom. The molecule has 0 atom stereocenters. The van der Waals surface area contributed by atoms with Crippen LogP contribution in [0.1, 0.15) is 12.8 Å². The first-order valence-electron chi connectivity index (χ1n) is 6.60. The Morgan fingerprint density at radius 1 is 1.29 bits per heavy atom. The molecule has 21 heavy (non-hydrogen) atoms. The van der Waals surface area contributed by atoms with E-state index in [1.165, 1.54) is 12.1 Å². The summed E-state index contributed by atoms with van der Waals surface area (Å²) < 4.78 is 28.3.